The van der Waals surface area contributed by atoms with Crippen molar-refractivity contribution in [1.29, 1.82) is 0 Å². The van der Waals surface area contributed by atoms with Gasteiger partial charge in [-0.15, -0.1) is 22.9 Å². The Morgan fingerprint density at radius 1 is 1.65 bits per heavy atom. The smallest absolute Gasteiger partial charge is 0.264 e. The predicted octanol–water partition coefficient (Wildman–Crippen LogP) is 2.70. The number of halogens is 3. The third kappa shape index (κ3) is 4.12. The maximum absolute atomic E-state index is 12.3. The Balaban J connectivity index is 2.75. The topological polar surface area (TPSA) is 29.5 Å². The van der Waals surface area contributed by atoms with E-state index in [1.807, 2.05) is 0 Å². The van der Waals surface area contributed by atoms with E-state index in [1.165, 1.54) is 13.2 Å². The molecule has 0 bridgehead atoms. The highest BCUT2D eigenvalue weighted by Crippen LogP contribution is 2.22. The molecule has 0 aliphatic rings. The van der Waals surface area contributed by atoms with Gasteiger partial charge in [-0.05, 0) is 0 Å². The van der Waals surface area contributed by atoms with Gasteiger partial charge in [0, 0.05) is 23.9 Å². The molecule has 0 radical (unpaired) electrons. The quantitative estimate of drug-likeness (QED) is 0.751. The Morgan fingerprint density at radius 2 is 2.35 bits per heavy atom. The van der Waals surface area contributed by atoms with Crippen LogP contribution in [0.3, 0.4) is 0 Å². The van der Waals surface area contributed by atoms with Crippen molar-refractivity contribution in [3.8, 4) is 5.75 Å². The molecule has 0 fully saturated rings. The van der Waals surface area contributed by atoms with Crippen molar-refractivity contribution in [3.05, 3.63) is 16.3 Å². The Labute approximate surface area is 107 Å². The average Bonchev–Trinajstić information content (AvgIpc) is 2.75. The molecule has 3 nitrogen and oxygen atoms in total. The first-order valence-electron chi connectivity index (χ1n) is 4.84. The SMILES string of the molecule is COc1csc(C(=O)N(CCCl)CC(F)F)c1. The van der Waals surface area contributed by atoms with E-state index in [0.29, 0.717) is 10.6 Å². The summed E-state index contributed by atoms with van der Waals surface area (Å²) in [5, 5.41) is 1.65. The zero-order valence-corrected chi connectivity index (χ0v) is 10.7. The van der Waals surface area contributed by atoms with Crippen LogP contribution in [0, 0.1) is 0 Å². The van der Waals surface area contributed by atoms with E-state index in [1.54, 1.807) is 5.38 Å². The number of nitrogens with zero attached hydrogens (tertiary/aromatic N) is 1. The fourth-order valence-electron chi connectivity index (χ4n) is 1.24. The molecule has 7 heteroatoms. The highest BCUT2D eigenvalue weighted by Gasteiger charge is 2.20. The number of carbonyl (C=O) groups excluding carboxylic acids is 1. The molecule has 17 heavy (non-hydrogen) atoms. The normalized spacial score (nSPS) is 10.6. The third-order valence-electron chi connectivity index (χ3n) is 2.02. The molecular formula is C10H12ClF2NO2S. The summed E-state index contributed by atoms with van der Waals surface area (Å²) in [4.78, 5) is 13.3. The lowest BCUT2D eigenvalue weighted by molar-refractivity contribution is 0.0575. The molecule has 0 aliphatic carbocycles. The first-order chi connectivity index (χ1) is 8.08. The number of thiophene rings is 1. The molecule has 96 valence electrons. The van der Waals surface area contributed by atoms with Crippen LogP contribution in [0.5, 0.6) is 5.75 Å². The first kappa shape index (κ1) is 14.2. The summed E-state index contributed by atoms with van der Waals surface area (Å²) in [5.74, 6) is 0.224. The predicted molar refractivity (Wildman–Crippen MR) is 63.5 cm³/mol. The van der Waals surface area contributed by atoms with Gasteiger partial charge in [0.05, 0.1) is 18.5 Å². The van der Waals surface area contributed by atoms with Crippen LogP contribution in [0.4, 0.5) is 8.78 Å². The van der Waals surface area contributed by atoms with Gasteiger partial charge in [0.15, 0.2) is 0 Å². The molecule has 0 saturated heterocycles. The van der Waals surface area contributed by atoms with Crippen molar-refractivity contribution >= 4 is 28.8 Å². The molecule has 1 rings (SSSR count). The molecule has 0 aliphatic heterocycles. The highest BCUT2D eigenvalue weighted by molar-refractivity contribution is 7.12. The lowest BCUT2D eigenvalue weighted by Crippen LogP contribution is -2.36. The van der Waals surface area contributed by atoms with Gasteiger partial charge < -0.3 is 9.64 Å². The molecule has 0 aromatic carbocycles. The van der Waals surface area contributed by atoms with Crippen molar-refractivity contribution in [2.45, 2.75) is 6.43 Å². The van der Waals surface area contributed by atoms with Crippen LogP contribution in [0.1, 0.15) is 9.67 Å². The molecule has 0 saturated carbocycles. The van der Waals surface area contributed by atoms with Gasteiger partial charge in [-0.25, -0.2) is 8.78 Å². The first-order valence-corrected chi connectivity index (χ1v) is 6.25. The number of carbonyl (C=O) groups is 1. The zero-order chi connectivity index (χ0) is 12.8. The van der Waals surface area contributed by atoms with Gasteiger partial charge in [0.25, 0.3) is 12.3 Å². The van der Waals surface area contributed by atoms with Crippen LogP contribution in [-0.2, 0) is 0 Å². The van der Waals surface area contributed by atoms with Crippen molar-refractivity contribution < 1.29 is 18.3 Å². The zero-order valence-electron chi connectivity index (χ0n) is 9.16. The van der Waals surface area contributed by atoms with E-state index in [9.17, 15) is 13.6 Å². The number of alkyl halides is 3. The fraction of sp³-hybridized carbons (Fsp3) is 0.500. The molecule has 1 aromatic heterocycles. The summed E-state index contributed by atoms with van der Waals surface area (Å²) >= 11 is 6.64. The van der Waals surface area contributed by atoms with E-state index in [0.717, 1.165) is 16.2 Å². The van der Waals surface area contributed by atoms with Gasteiger partial charge in [-0.1, -0.05) is 0 Å². The van der Waals surface area contributed by atoms with Gasteiger partial charge >= 0.3 is 0 Å². The van der Waals surface area contributed by atoms with Crippen LogP contribution in [-0.4, -0.2) is 43.3 Å². The summed E-state index contributed by atoms with van der Waals surface area (Å²) in [6, 6.07) is 1.53. The molecule has 0 spiro atoms. The van der Waals surface area contributed by atoms with Gasteiger partial charge in [0.1, 0.15) is 5.75 Å². The van der Waals surface area contributed by atoms with Crippen LogP contribution in [0.15, 0.2) is 11.4 Å². The molecule has 1 aromatic rings. The summed E-state index contributed by atoms with van der Waals surface area (Å²) in [6.45, 7) is -0.503. The molecule has 0 N–H and O–H groups in total. The Kier molecular flexibility index (Phi) is 5.64. The van der Waals surface area contributed by atoms with Gasteiger partial charge in [-0.3, -0.25) is 4.79 Å². The Hall–Kier alpha value is -0.880. The van der Waals surface area contributed by atoms with Crippen LogP contribution in [0.2, 0.25) is 0 Å². The maximum Gasteiger partial charge on any atom is 0.264 e. The molecule has 0 unspecified atom stereocenters. The lowest BCUT2D eigenvalue weighted by Gasteiger charge is -2.20. The van der Waals surface area contributed by atoms with Gasteiger partial charge in [-0.2, -0.15) is 0 Å². The maximum atomic E-state index is 12.3. The summed E-state index contributed by atoms with van der Waals surface area (Å²) < 4.78 is 29.5. The second-order valence-electron chi connectivity index (χ2n) is 3.18. The van der Waals surface area contributed by atoms with Crippen molar-refractivity contribution in [1.82, 2.24) is 4.90 Å². The van der Waals surface area contributed by atoms with Crippen molar-refractivity contribution in [2.24, 2.45) is 0 Å². The van der Waals surface area contributed by atoms with E-state index in [-0.39, 0.29) is 12.4 Å². The minimum atomic E-state index is -2.57. The van der Waals surface area contributed by atoms with Gasteiger partial charge in [0.2, 0.25) is 0 Å². The molecule has 0 atom stereocenters. The summed E-state index contributed by atoms with van der Waals surface area (Å²) in [7, 11) is 1.48. The summed E-state index contributed by atoms with van der Waals surface area (Å²) in [6.07, 6.45) is -2.57. The molecule has 1 heterocycles. The van der Waals surface area contributed by atoms with E-state index in [2.05, 4.69) is 0 Å². The number of methoxy groups -OCH3 is 1. The van der Waals surface area contributed by atoms with Crippen LogP contribution >= 0.6 is 22.9 Å². The standard InChI is InChI=1S/C10H12ClF2NO2S/c1-16-7-4-8(17-6-7)10(15)14(3-2-11)5-9(12)13/h4,6,9H,2-3,5H2,1H3. The fourth-order valence-corrected chi connectivity index (χ4v) is 2.26. The van der Waals surface area contributed by atoms with E-state index >= 15 is 0 Å². The van der Waals surface area contributed by atoms with Crippen molar-refractivity contribution in [2.75, 3.05) is 26.1 Å². The number of rotatable bonds is 6. The third-order valence-corrected chi connectivity index (χ3v) is 3.09. The summed E-state index contributed by atoms with van der Waals surface area (Å²) in [5.41, 5.74) is 0. The Morgan fingerprint density at radius 3 is 2.82 bits per heavy atom. The Bertz CT molecular complexity index is 373. The minimum absolute atomic E-state index is 0.102. The monoisotopic (exact) mass is 283 g/mol. The number of ether oxygens (including phenoxy) is 1. The second kappa shape index (κ2) is 6.76. The van der Waals surface area contributed by atoms with Crippen LogP contribution < -0.4 is 4.74 Å². The molecule has 1 amide bonds. The number of hydrogen-bond acceptors (Lipinski definition) is 3. The largest absolute Gasteiger partial charge is 0.496 e. The number of amides is 1. The van der Waals surface area contributed by atoms with E-state index < -0.39 is 18.9 Å². The molecular weight excluding hydrogens is 272 g/mol. The average molecular weight is 284 g/mol. The van der Waals surface area contributed by atoms with E-state index in [4.69, 9.17) is 16.3 Å². The number of hydrogen-bond donors (Lipinski definition) is 0. The lowest BCUT2D eigenvalue weighted by atomic mass is 10.3. The van der Waals surface area contributed by atoms with Crippen LogP contribution in [0.25, 0.3) is 0 Å². The van der Waals surface area contributed by atoms with Crippen molar-refractivity contribution in [3.63, 3.8) is 0 Å². The minimum Gasteiger partial charge on any atom is -0.496 e. The highest BCUT2D eigenvalue weighted by atomic mass is 35.5. The second-order valence-corrected chi connectivity index (χ2v) is 4.47.